The molecule has 0 aromatic heterocycles. The number of ether oxygens (including phenoxy) is 1. The summed E-state index contributed by atoms with van der Waals surface area (Å²) in [4.78, 5) is 77.2. The molecule has 0 radical (unpaired) electrons. The van der Waals surface area contributed by atoms with Crippen LogP contribution >= 0.6 is 11.6 Å². The number of ketones is 3. The molecule has 0 bridgehead atoms. The summed E-state index contributed by atoms with van der Waals surface area (Å²) in [6.07, 6.45) is 12.1. The highest BCUT2D eigenvalue weighted by Crippen LogP contribution is 2.43. The van der Waals surface area contributed by atoms with E-state index in [4.69, 9.17) is 21.2 Å². The monoisotopic (exact) mass is 751 g/mol. The number of rotatable bonds is 15. The summed E-state index contributed by atoms with van der Waals surface area (Å²) in [7, 11) is 1.56. The number of benzene rings is 1. The van der Waals surface area contributed by atoms with Gasteiger partial charge >= 0.3 is 0 Å². The van der Waals surface area contributed by atoms with Crippen LogP contribution in [0.5, 0.6) is 5.75 Å². The molecule has 3 aliphatic carbocycles. The Morgan fingerprint density at radius 3 is 2.26 bits per heavy atom. The van der Waals surface area contributed by atoms with Crippen LogP contribution in [-0.2, 0) is 28.8 Å². The van der Waals surface area contributed by atoms with Crippen molar-refractivity contribution in [1.29, 1.82) is 0 Å². The summed E-state index contributed by atoms with van der Waals surface area (Å²) < 4.78 is 5.40. The van der Waals surface area contributed by atoms with Crippen molar-refractivity contribution < 1.29 is 33.5 Å². The number of hydrogen-bond donors (Lipinski definition) is 1. The lowest BCUT2D eigenvalue weighted by molar-refractivity contribution is -0.145. The van der Waals surface area contributed by atoms with Gasteiger partial charge in [0.2, 0.25) is 17.6 Å². The number of nitrogens with one attached hydrogen (secondary N) is 1. The SMILES string of the molecule is COc1cc(C)c(C2=NO[C@]3(C2)C[C@@H](C(=O)C[C@@H](CC2CC2)C(=O)C(=O)CC2CC2)N(C(=O)[C@@H](NC(=O)CC2CCCCCC2)C(C)(C)C)C3)cc1Cl. The Balaban J connectivity index is 1.25. The van der Waals surface area contributed by atoms with Crippen molar-refractivity contribution in [3.63, 3.8) is 0 Å². The van der Waals surface area contributed by atoms with E-state index in [1.54, 1.807) is 18.1 Å². The maximum atomic E-state index is 14.8. The zero-order valence-electron chi connectivity index (χ0n) is 32.3. The van der Waals surface area contributed by atoms with Crippen LogP contribution in [0.2, 0.25) is 5.02 Å². The molecule has 5 aliphatic rings. The zero-order valence-corrected chi connectivity index (χ0v) is 33.0. The topological polar surface area (TPSA) is 131 Å². The van der Waals surface area contributed by atoms with Crippen molar-refractivity contribution in [1.82, 2.24) is 10.2 Å². The molecule has 1 aromatic rings. The molecule has 2 heterocycles. The van der Waals surface area contributed by atoms with Crippen molar-refractivity contribution in [2.45, 2.75) is 148 Å². The fourth-order valence-corrected chi connectivity index (χ4v) is 8.89. The summed E-state index contributed by atoms with van der Waals surface area (Å²) in [6.45, 7) is 7.78. The van der Waals surface area contributed by atoms with E-state index >= 15 is 0 Å². The molecule has 0 unspecified atom stereocenters. The Hall–Kier alpha value is -3.27. The van der Waals surface area contributed by atoms with Crippen molar-refractivity contribution in [2.75, 3.05) is 13.7 Å². The second kappa shape index (κ2) is 16.2. The van der Waals surface area contributed by atoms with Gasteiger partial charge in [0, 0.05) is 43.6 Å². The van der Waals surface area contributed by atoms with Crippen LogP contribution in [0.4, 0.5) is 0 Å². The second-order valence-electron chi connectivity index (χ2n) is 17.9. The molecule has 2 aliphatic heterocycles. The smallest absolute Gasteiger partial charge is 0.246 e. The third kappa shape index (κ3) is 9.70. The van der Waals surface area contributed by atoms with Crippen LogP contribution in [0.3, 0.4) is 0 Å². The number of likely N-dealkylation sites (tertiary alicyclic amines) is 1. The minimum atomic E-state index is -0.991. The van der Waals surface area contributed by atoms with Crippen molar-refractivity contribution >= 4 is 46.5 Å². The number of amides is 2. The maximum absolute atomic E-state index is 14.8. The van der Waals surface area contributed by atoms with Gasteiger partial charge in [0.25, 0.3) is 0 Å². The summed E-state index contributed by atoms with van der Waals surface area (Å²) in [5, 5.41) is 8.02. The Morgan fingerprint density at radius 1 is 0.981 bits per heavy atom. The molecule has 1 aromatic carbocycles. The molecule has 1 N–H and O–H groups in total. The molecule has 2 amide bonds. The van der Waals surface area contributed by atoms with Gasteiger partial charge in [0.1, 0.15) is 11.8 Å². The highest BCUT2D eigenvalue weighted by atomic mass is 35.5. The maximum Gasteiger partial charge on any atom is 0.246 e. The number of oxime groups is 1. The molecule has 4 atom stereocenters. The van der Waals surface area contributed by atoms with Gasteiger partial charge in [-0.3, -0.25) is 24.0 Å². The van der Waals surface area contributed by atoms with Crippen molar-refractivity contribution in [3.8, 4) is 5.75 Å². The van der Waals surface area contributed by atoms with Gasteiger partial charge in [-0.1, -0.05) is 76.1 Å². The first kappa shape index (κ1) is 39.4. The minimum absolute atomic E-state index is 0.0884. The molecule has 10 nitrogen and oxygen atoms in total. The summed E-state index contributed by atoms with van der Waals surface area (Å²) >= 11 is 6.51. The Kier molecular flexibility index (Phi) is 12.1. The Bertz CT molecular complexity index is 1620. The van der Waals surface area contributed by atoms with Gasteiger partial charge in [-0.25, -0.2) is 0 Å². The van der Waals surface area contributed by atoms with E-state index in [1.807, 2.05) is 33.8 Å². The average molecular weight is 752 g/mol. The van der Waals surface area contributed by atoms with Gasteiger partial charge in [0.05, 0.1) is 30.4 Å². The van der Waals surface area contributed by atoms with E-state index in [1.165, 1.54) is 12.8 Å². The third-order valence-corrected chi connectivity index (χ3v) is 12.4. The van der Waals surface area contributed by atoms with Gasteiger partial charge in [-0.15, -0.1) is 0 Å². The normalized spacial score (nSPS) is 24.6. The number of methoxy groups -OCH3 is 1. The number of nitrogens with zero attached hydrogens (tertiary/aromatic N) is 2. The van der Waals surface area contributed by atoms with E-state index in [9.17, 15) is 24.0 Å². The van der Waals surface area contributed by atoms with E-state index in [0.29, 0.717) is 47.6 Å². The highest BCUT2D eigenvalue weighted by Gasteiger charge is 2.55. The first-order valence-electron chi connectivity index (χ1n) is 20.0. The van der Waals surface area contributed by atoms with Gasteiger partial charge in [-0.05, 0) is 79.9 Å². The molecule has 1 saturated heterocycles. The molecular weight excluding hydrogens is 694 g/mol. The fraction of sp³-hybridized carbons (Fsp3) is 0.714. The predicted molar refractivity (Wildman–Crippen MR) is 203 cm³/mol. The van der Waals surface area contributed by atoms with Crippen LogP contribution in [0.25, 0.3) is 0 Å². The van der Waals surface area contributed by atoms with Crippen molar-refractivity contribution in [2.24, 2.45) is 34.2 Å². The molecule has 1 spiro atoms. The number of Topliss-reactive ketones (excluding diaryl/α,β-unsaturated/α-hetero) is 3. The van der Waals surface area contributed by atoms with Gasteiger partial charge < -0.3 is 19.8 Å². The molecular formula is C42H58ClN3O7. The van der Waals surface area contributed by atoms with Crippen LogP contribution in [0.1, 0.15) is 135 Å². The lowest BCUT2D eigenvalue weighted by atomic mass is 9.84. The molecule has 53 heavy (non-hydrogen) atoms. The summed E-state index contributed by atoms with van der Waals surface area (Å²) in [5.41, 5.74) is 0.695. The standard InChI is InChI=1S/C42H58ClN3O7/c1-25-16-36(52-5)31(43)21-30(25)32-22-42(53-45-32)23-33(34(47)20-29(17-27-12-13-27)38(50)35(48)18-28-14-15-28)46(24-42)40(51)39(41(2,3)4)44-37(49)19-26-10-8-6-7-9-11-26/h16,21,26-29,33,39H,6-15,17-20,22-24H2,1-5H3,(H,44,49)/t29-,33+,39-,42-/m1/s1. The average Bonchev–Trinajstić information content (AvgIpc) is 4.04. The first-order valence-corrected chi connectivity index (χ1v) is 20.3. The van der Waals surface area contributed by atoms with Crippen LogP contribution in [-0.4, -0.2) is 71.1 Å². The predicted octanol–water partition coefficient (Wildman–Crippen LogP) is 7.33. The van der Waals surface area contributed by atoms with Crippen LogP contribution < -0.4 is 10.1 Å². The minimum Gasteiger partial charge on any atom is -0.495 e. The molecule has 3 saturated carbocycles. The second-order valence-corrected chi connectivity index (χ2v) is 18.3. The lowest BCUT2D eigenvalue weighted by Gasteiger charge is -2.36. The number of carbonyl (C=O) groups is 5. The summed E-state index contributed by atoms with van der Waals surface area (Å²) in [5.74, 6) is -0.841. The number of halogens is 1. The number of aryl methyl sites for hydroxylation is 1. The summed E-state index contributed by atoms with van der Waals surface area (Å²) in [6, 6.07) is 1.84. The van der Waals surface area contributed by atoms with E-state index < -0.39 is 34.8 Å². The Morgan fingerprint density at radius 2 is 1.64 bits per heavy atom. The van der Waals surface area contributed by atoms with E-state index in [0.717, 1.165) is 62.5 Å². The van der Waals surface area contributed by atoms with Crippen molar-refractivity contribution in [3.05, 3.63) is 28.3 Å². The fourth-order valence-electron chi connectivity index (χ4n) is 8.64. The Labute approximate surface area is 319 Å². The van der Waals surface area contributed by atoms with Crippen LogP contribution in [0.15, 0.2) is 17.3 Å². The quantitative estimate of drug-likeness (QED) is 0.147. The third-order valence-electron chi connectivity index (χ3n) is 12.1. The molecule has 11 heteroatoms. The van der Waals surface area contributed by atoms with Gasteiger partial charge in [0.15, 0.2) is 17.2 Å². The number of carbonyl (C=O) groups excluding carboxylic acids is 5. The number of hydrogen-bond acceptors (Lipinski definition) is 8. The molecule has 4 fully saturated rings. The molecule has 6 rings (SSSR count). The zero-order chi connectivity index (χ0) is 38.1. The molecule has 290 valence electrons. The van der Waals surface area contributed by atoms with Gasteiger partial charge in [-0.2, -0.15) is 0 Å². The highest BCUT2D eigenvalue weighted by molar-refractivity contribution is 6.38. The first-order chi connectivity index (χ1) is 25.2. The van der Waals surface area contributed by atoms with E-state index in [-0.39, 0.29) is 55.1 Å². The van der Waals surface area contributed by atoms with E-state index in [2.05, 4.69) is 10.5 Å². The van der Waals surface area contributed by atoms with Crippen LogP contribution in [0, 0.1) is 36.0 Å². The lowest BCUT2D eigenvalue weighted by Crippen LogP contribution is -2.57. The largest absolute Gasteiger partial charge is 0.495 e.